The molecule has 5 atom stereocenters. The lowest BCUT2D eigenvalue weighted by Gasteiger charge is -2.39. The van der Waals surface area contributed by atoms with Gasteiger partial charge in [0.1, 0.15) is 0 Å². The topological polar surface area (TPSA) is 101 Å². The van der Waals surface area contributed by atoms with Crippen molar-refractivity contribution in [3.05, 3.63) is 53.1 Å². The zero-order valence-corrected chi connectivity index (χ0v) is 18.1. The maximum atomic E-state index is 12.3. The molecule has 4 rings (SSSR count). The third kappa shape index (κ3) is 3.94. The molecule has 0 saturated carbocycles. The van der Waals surface area contributed by atoms with Crippen LogP contribution in [0.1, 0.15) is 35.2 Å². The van der Waals surface area contributed by atoms with E-state index >= 15 is 0 Å². The van der Waals surface area contributed by atoms with Crippen LogP contribution >= 0.6 is 0 Å². The Morgan fingerprint density at radius 1 is 0.968 bits per heavy atom. The van der Waals surface area contributed by atoms with E-state index in [-0.39, 0.29) is 24.2 Å². The molecule has 0 spiro atoms. The molecule has 2 aromatic carbocycles. The fraction of sp³-hybridized carbons (Fsp3) is 0.435. The molecular weight excluding hydrogens is 398 g/mol. The summed E-state index contributed by atoms with van der Waals surface area (Å²) in [5.41, 5.74) is 9.72. The molecule has 31 heavy (non-hydrogen) atoms. The second kappa shape index (κ2) is 8.74. The second-order valence-electron chi connectivity index (χ2n) is 8.09. The standard InChI is InChI=1S/C23H29N3O5/c1-12-5-7-13(8-6-12)20-19-15(23(27)28)11-16(24-22(19)26-25-20)14-9-17(29-2)21(31-4)18(10-14)30-3/h5-10,15-16,19-20,22,24-26H,11H2,1-4H3,(H,27,28). The largest absolute Gasteiger partial charge is 0.493 e. The zero-order valence-electron chi connectivity index (χ0n) is 18.1. The van der Waals surface area contributed by atoms with Crippen LogP contribution in [-0.2, 0) is 4.79 Å². The van der Waals surface area contributed by atoms with Gasteiger partial charge in [-0.15, -0.1) is 0 Å². The Morgan fingerprint density at radius 2 is 1.61 bits per heavy atom. The summed E-state index contributed by atoms with van der Waals surface area (Å²) in [6.45, 7) is 2.04. The van der Waals surface area contributed by atoms with Crippen LogP contribution in [0.15, 0.2) is 36.4 Å². The molecule has 2 saturated heterocycles. The van der Waals surface area contributed by atoms with Crippen molar-refractivity contribution in [1.29, 1.82) is 0 Å². The Hall–Kier alpha value is -2.81. The fourth-order valence-electron chi connectivity index (χ4n) is 4.76. The van der Waals surface area contributed by atoms with Gasteiger partial charge < -0.3 is 19.3 Å². The molecule has 8 nitrogen and oxygen atoms in total. The molecule has 2 aromatic rings. The van der Waals surface area contributed by atoms with Crippen molar-refractivity contribution in [2.75, 3.05) is 21.3 Å². The van der Waals surface area contributed by atoms with Crippen LogP contribution in [0.3, 0.4) is 0 Å². The van der Waals surface area contributed by atoms with Gasteiger partial charge in [-0.2, -0.15) is 0 Å². The van der Waals surface area contributed by atoms with Crippen molar-refractivity contribution in [3.8, 4) is 17.2 Å². The van der Waals surface area contributed by atoms with E-state index in [9.17, 15) is 9.90 Å². The average Bonchev–Trinajstić information content (AvgIpc) is 3.21. The smallest absolute Gasteiger partial charge is 0.307 e. The predicted octanol–water partition coefficient (Wildman–Crippen LogP) is 2.55. The van der Waals surface area contributed by atoms with Crippen LogP contribution in [0.5, 0.6) is 17.2 Å². The maximum absolute atomic E-state index is 12.3. The van der Waals surface area contributed by atoms with E-state index in [0.717, 1.165) is 11.1 Å². The van der Waals surface area contributed by atoms with E-state index in [1.165, 1.54) is 5.56 Å². The van der Waals surface area contributed by atoms with E-state index in [2.05, 4.69) is 40.4 Å². The first-order chi connectivity index (χ1) is 15.0. The van der Waals surface area contributed by atoms with Crippen LogP contribution < -0.4 is 30.4 Å². The molecule has 2 aliphatic heterocycles. The highest BCUT2D eigenvalue weighted by Gasteiger charge is 2.49. The lowest BCUT2D eigenvalue weighted by molar-refractivity contribution is -0.146. The summed E-state index contributed by atoms with van der Waals surface area (Å²) in [7, 11) is 4.70. The van der Waals surface area contributed by atoms with Gasteiger partial charge >= 0.3 is 5.97 Å². The Labute approximate surface area is 181 Å². The minimum atomic E-state index is -0.795. The Kier molecular flexibility index (Phi) is 6.04. The highest BCUT2D eigenvalue weighted by atomic mass is 16.5. The summed E-state index contributed by atoms with van der Waals surface area (Å²) in [6, 6.07) is 11.7. The van der Waals surface area contributed by atoms with Crippen molar-refractivity contribution in [2.45, 2.75) is 31.6 Å². The number of carboxylic acids is 1. The molecular formula is C23H29N3O5. The first-order valence-electron chi connectivity index (χ1n) is 10.3. The van der Waals surface area contributed by atoms with E-state index in [4.69, 9.17) is 14.2 Å². The summed E-state index contributed by atoms with van der Waals surface area (Å²) >= 11 is 0. The van der Waals surface area contributed by atoms with Crippen LogP contribution in [0, 0.1) is 18.8 Å². The molecule has 2 heterocycles. The maximum Gasteiger partial charge on any atom is 0.307 e. The molecule has 0 amide bonds. The van der Waals surface area contributed by atoms with E-state index in [1.807, 2.05) is 19.1 Å². The fourth-order valence-corrected chi connectivity index (χ4v) is 4.76. The minimum Gasteiger partial charge on any atom is -0.493 e. The van der Waals surface area contributed by atoms with Crippen molar-refractivity contribution >= 4 is 5.97 Å². The lowest BCUT2D eigenvalue weighted by atomic mass is 9.74. The van der Waals surface area contributed by atoms with Gasteiger partial charge in [0.2, 0.25) is 5.75 Å². The Morgan fingerprint density at radius 3 is 2.16 bits per heavy atom. The average molecular weight is 428 g/mol. The first kappa shape index (κ1) is 21.4. The number of aryl methyl sites for hydroxylation is 1. The Balaban J connectivity index is 1.65. The molecule has 2 aliphatic rings. The van der Waals surface area contributed by atoms with Crippen LogP contribution in [0.2, 0.25) is 0 Å². The molecule has 2 fully saturated rings. The number of hydrazine groups is 1. The number of carboxylic acid groups (broad SMARTS) is 1. The number of nitrogens with one attached hydrogen (secondary N) is 3. The number of piperidine rings is 1. The summed E-state index contributed by atoms with van der Waals surface area (Å²) in [5, 5.41) is 13.7. The molecule has 0 aliphatic carbocycles. The van der Waals surface area contributed by atoms with Gasteiger partial charge in [0.25, 0.3) is 0 Å². The van der Waals surface area contributed by atoms with Gasteiger partial charge in [-0.3, -0.25) is 10.1 Å². The van der Waals surface area contributed by atoms with Crippen LogP contribution in [-0.4, -0.2) is 38.6 Å². The van der Waals surface area contributed by atoms with Crippen molar-refractivity contribution < 1.29 is 24.1 Å². The third-order valence-corrected chi connectivity index (χ3v) is 6.34. The van der Waals surface area contributed by atoms with Crippen LogP contribution in [0.25, 0.3) is 0 Å². The van der Waals surface area contributed by atoms with Gasteiger partial charge in [0, 0.05) is 12.0 Å². The number of carbonyl (C=O) groups is 1. The number of hydrogen-bond donors (Lipinski definition) is 4. The van der Waals surface area contributed by atoms with Crippen molar-refractivity contribution in [3.63, 3.8) is 0 Å². The number of hydrogen-bond acceptors (Lipinski definition) is 7. The van der Waals surface area contributed by atoms with Gasteiger partial charge in [-0.05, 0) is 36.6 Å². The summed E-state index contributed by atoms with van der Waals surface area (Å²) in [5.74, 6) is 0.127. The summed E-state index contributed by atoms with van der Waals surface area (Å²) in [6.07, 6.45) is 0.242. The van der Waals surface area contributed by atoms with Gasteiger partial charge in [-0.25, -0.2) is 10.9 Å². The number of methoxy groups -OCH3 is 3. The number of aliphatic carboxylic acids is 1. The van der Waals surface area contributed by atoms with Crippen molar-refractivity contribution in [2.24, 2.45) is 11.8 Å². The molecule has 0 radical (unpaired) electrons. The van der Waals surface area contributed by atoms with Crippen molar-refractivity contribution in [1.82, 2.24) is 16.2 Å². The lowest BCUT2D eigenvalue weighted by Crippen LogP contribution is -2.53. The molecule has 5 unspecified atom stereocenters. The van der Waals surface area contributed by atoms with Gasteiger partial charge in [0.05, 0.1) is 39.5 Å². The molecule has 4 N–H and O–H groups in total. The van der Waals surface area contributed by atoms with E-state index in [1.54, 1.807) is 21.3 Å². The van der Waals surface area contributed by atoms with Gasteiger partial charge in [0.15, 0.2) is 11.5 Å². The monoisotopic (exact) mass is 427 g/mol. The first-order valence-corrected chi connectivity index (χ1v) is 10.3. The quantitative estimate of drug-likeness (QED) is 0.558. The third-order valence-electron chi connectivity index (χ3n) is 6.34. The minimum absolute atomic E-state index is 0.0971. The summed E-state index contributed by atoms with van der Waals surface area (Å²) in [4.78, 5) is 12.3. The van der Waals surface area contributed by atoms with E-state index < -0.39 is 11.9 Å². The number of rotatable bonds is 6. The number of fused-ring (bicyclic) bond motifs is 1. The molecule has 0 aromatic heterocycles. The zero-order chi connectivity index (χ0) is 22.1. The van der Waals surface area contributed by atoms with Crippen LogP contribution in [0.4, 0.5) is 0 Å². The SMILES string of the molecule is COc1cc(C2CC(C(=O)O)C3C(NNC3c3ccc(C)cc3)N2)cc(OC)c1OC. The number of benzene rings is 2. The highest BCUT2D eigenvalue weighted by Crippen LogP contribution is 2.45. The molecule has 166 valence electrons. The predicted molar refractivity (Wildman–Crippen MR) is 115 cm³/mol. The molecule has 0 bridgehead atoms. The normalized spacial score (nSPS) is 27.4. The van der Waals surface area contributed by atoms with E-state index in [0.29, 0.717) is 23.7 Å². The highest BCUT2D eigenvalue weighted by molar-refractivity contribution is 5.71. The Bertz CT molecular complexity index is 924. The number of ether oxygens (including phenoxy) is 3. The second-order valence-corrected chi connectivity index (χ2v) is 8.09. The molecule has 8 heteroatoms. The van der Waals surface area contributed by atoms with Gasteiger partial charge in [-0.1, -0.05) is 29.8 Å². The summed E-state index contributed by atoms with van der Waals surface area (Å²) < 4.78 is 16.4.